The first-order chi connectivity index (χ1) is 4.68. The lowest BCUT2D eigenvalue weighted by Gasteiger charge is -2.10. The van der Waals surface area contributed by atoms with Crippen molar-refractivity contribution in [3.8, 4) is 12.5 Å². The number of hydrogen-bond donors (Lipinski definition) is 0. The molecule has 4 heteroatoms. The van der Waals surface area contributed by atoms with Crippen molar-refractivity contribution in [2.45, 2.75) is 13.8 Å². The van der Waals surface area contributed by atoms with Crippen LogP contribution in [0.2, 0.25) is 0 Å². The van der Waals surface area contributed by atoms with Crippen LogP contribution in [0.1, 0.15) is 13.8 Å². The molecule has 58 valence electrons. The van der Waals surface area contributed by atoms with Crippen LogP contribution in [0.4, 0.5) is 0 Å². The van der Waals surface area contributed by atoms with E-state index in [0.29, 0.717) is 12.8 Å². The van der Waals surface area contributed by atoms with Crippen LogP contribution in [-0.2, 0) is 13.6 Å². The molecule has 1 unspecified atom stereocenters. The van der Waals surface area contributed by atoms with E-state index in [2.05, 4.69) is 4.52 Å². The lowest BCUT2D eigenvalue weighted by Crippen LogP contribution is -1.93. The molecule has 0 radical (unpaired) electrons. The van der Waals surface area contributed by atoms with Crippen LogP contribution in [0, 0.1) is 12.5 Å². The molecule has 3 nitrogen and oxygen atoms in total. The second-order valence-electron chi connectivity index (χ2n) is 1.55. The van der Waals surface area contributed by atoms with Gasteiger partial charge in [-0.05, 0) is 6.92 Å². The van der Waals surface area contributed by atoms with E-state index < -0.39 is 7.60 Å². The molecule has 0 aliphatic rings. The third-order valence-electron chi connectivity index (χ3n) is 0.905. The van der Waals surface area contributed by atoms with Gasteiger partial charge in [0.25, 0.3) is 0 Å². The smallest absolute Gasteiger partial charge is 0.371 e. The van der Waals surface area contributed by atoms with Gasteiger partial charge in [0.05, 0.1) is 12.8 Å². The van der Waals surface area contributed by atoms with E-state index in [-0.39, 0.29) is 0 Å². The summed E-state index contributed by atoms with van der Waals surface area (Å²) in [5.74, 6) is 0. The lowest BCUT2D eigenvalue weighted by atomic mass is 10.9. The van der Waals surface area contributed by atoms with E-state index in [0.717, 1.165) is 0 Å². The fourth-order valence-corrected chi connectivity index (χ4v) is 1.38. The Morgan fingerprint density at radius 1 is 1.60 bits per heavy atom. The minimum atomic E-state index is -2.94. The summed E-state index contributed by atoms with van der Waals surface area (Å²) in [6.45, 7) is 3.79. The largest absolute Gasteiger partial charge is 0.387 e. The Balaban J connectivity index is 3.99. The molecule has 0 aromatic heterocycles. The highest BCUT2D eigenvalue weighted by Gasteiger charge is 2.20. The molecular formula is C6H11O3P. The summed E-state index contributed by atoms with van der Waals surface area (Å²) in [5, 5.41) is 0. The van der Waals surface area contributed by atoms with Crippen molar-refractivity contribution in [2.75, 3.05) is 12.8 Å². The van der Waals surface area contributed by atoms with Gasteiger partial charge in [0, 0.05) is 0 Å². The first-order valence-corrected chi connectivity index (χ1v) is 4.79. The van der Waals surface area contributed by atoms with Gasteiger partial charge in [-0.15, -0.1) is 0 Å². The molecule has 0 fully saturated rings. The lowest BCUT2D eigenvalue weighted by molar-refractivity contribution is 0.271. The van der Waals surface area contributed by atoms with Gasteiger partial charge in [-0.2, -0.15) is 0 Å². The Morgan fingerprint density at radius 3 is 2.50 bits per heavy atom. The Kier molecular flexibility index (Phi) is 4.18. The Hall–Kier alpha value is -0.450. The summed E-state index contributed by atoms with van der Waals surface area (Å²) in [7, 11) is -2.94. The maximum absolute atomic E-state index is 11.2. The predicted molar refractivity (Wildman–Crippen MR) is 39.7 cm³/mol. The zero-order valence-corrected chi connectivity index (χ0v) is 7.06. The van der Waals surface area contributed by atoms with E-state index in [1.807, 2.05) is 6.11 Å². The zero-order valence-electron chi connectivity index (χ0n) is 6.16. The topological polar surface area (TPSA) is 35.5 Å². The summed E-state index contributed by atoms with van der Waals surface area (Å²) in [6, 6.07) is 0. The molecule has 0 aliphatic heterocycles. The monoisotopic (exact) mass is 162 g/mol. The summed E-state index contributed by atoms with van der Waals surface area (Å²) < 4.78 is 20.5. The maximum Gasteiger partial charge on any atom is 0.387 e. The van der Waals surface area contributed by atoms with Gasteiger partial charge < -0.3 is 4.52 Å². The molecule has 0 N–H and O–H groups in total. The van der Waals surface area contributed by atoms with E-state index in [1.165, 1.54) is 0 Å². The summed E-state index contributed by atoms with van der Waals surface area (Å²) in [5.41, 5.74) is 0. The van der Waals surface area contributed by atoms with E-state index in [9.17, 15) is 4.57 Å². The van der Waals surface area contributed by atoms with Gasteiger partial charge in [-0.25, -0.2) is 4.57 Å². The van der Waals surface area contributed by atoms with Crippen molar-refractivity contribution in [3.05, 3.63) is 0 Å². The first kappa shape index (κ1) is 9.55. The van der Waals surface area contributed by atoms with Crippen molar-refractivity contribution in [3.63, 3.8) is 0 Å². The van der Waals surface area contributed by atoms with E-state index in [1.54, 1.807) is 13.8 Å². The molecule has 0 saturated heterocycles. The standard InChI is InChI=1S/C6H11O3P/c1-4-8-10(7,6-3)9-5-2/h1H,5-6H2,2-3H3. The fourth-order valence-electron chi connectivity index (χ4n) is 0.459. The van der Waals surface area contributed by atoms with Crippen LogP contribution in [0.15, 0.2) is 0 Å². The molecule has 0 aromatic rings. The minimum Gasteiger partial charge on any atom is -0.371 e. The van der Waals surface area contributed by atoms with Gasteiger partial charge in [-0.1, -0.05) is 13.3 Å². The molecule has 0 saturated carbocycles. The average molecular weight is 162 g/mol. The SMILES string of the molecule is C#COP(=O)(CC)OCC. The molecular weight excluding hydrogens is 151 g/mol. The van der Waals surface area contributed by atoms with Crippen molar-refractivity contribution in [1.82, 2.24) is 0 Å². The number of rotatable bonds is 4. The van der Waals surface area contributed by atoms with Crippen molar-refractivity contribution < 1.29 is 13.6 Å². The molecule has 0 aliphatic carbocycles. The second-order valence-corrected chi connectivity index (χ2v) is 3.85. The third-order valence-corrected chi connectivity index (χ3v) is 2.71. The van der Waals surface area contributed by atoms with E-state index >= 15 is 0 Å². The van der Waals surface area contributed by atoms with Gasteiger partial charge in [-0.3, -0.25) is 4.52 Å². The second kappa shape index (κ2) is 4.38. The highest BCUT2D eigenvalue weighted by molar-refractivity contribution is 7.53. The first-order valence-electron chi connectivity index (χ1n) is 3.06. The van der Waals surface area contributed by atoms with E-state index in [4.69, 9.17) is 10.9 Å². The molecule has 1 atom stereocenters. The third kappa shape index (κ3) is 2.91. The van der Waals surface area contributed by atoms with Crippen LogP contribution in [-0.4, -0.2) is 12.8 Å². The molecule has 0 rings (SSSR count). The summed E-state index contributed by atoms with van der Waals surface area (Å²) in [6.07, 6.45) is 6.96. The van der Waals surface area contributed by atoms with Crippen molar-refractivity contribution in [1.29, 1.82) is 0 Å². The molecule has 0 amide bonds. The zero-order chi connectivity index (χ0) is 8.04. The van der Waals surface area contributed by atoms with Gasteiger partial charge in [0.2, 0.25) is 0 Å². The highest BCUT2D eigenvalue weighted by Crippen LogP contribution is 2.46. The van der Waals surface area contributed by atoms with Crippen LogP contribution in [0.5, 0.6) is 0 Å². The molecule has 0 aromatic carbocycles. The quantitative estimate of drug-likeness (QED) is 0.467. The number of terminal acetylenes is 1. The normalized spacial score (nSPS) is 15.3. The van der Waals surface area contributed by atoms with Gasteiger partial charge in [0.15, 0.2) is 0 Å². The summed E-state index contributed by atoms with van der Waals surface area (Å²) >= 11 is 0. The maximum atomic E-state index is 11.2. The Labute approximate surface area is 61.3 Å². The van der Waals surface area contributed by atoms with Crippen molar-refractivity contribution in [2.24, 2.45) is 0 Å². The Bertz CT molecular complexity index is 170. The molecule has 10 heavy (non-hydrogen) atoms. The van der Waals surface area contributed by atoms with Crippen LogP contribution in [0.25, 0.3) is 0 Å². The molecule has 0 bridgehead atoms. The van der Waals surface area contributed by atoms with Crippen LogP contribution >= 0.6 is 7.60 Å². The summed E-state index contributed by atoms with van der Waals surface area (Å²) in [4.78, 5) is 0. The van der Waals surface area contributed by atoms with Gasteiger partial charge >= 0.3 is 7.60 Å². The van der Waals surface area contributed by atoms with Crippen LogP contribution < -0.4 is 0 Å². The van der Waals surface area contributed by atoms with Gasteiger partial charge in [0.1, 0.15) is 6.11 Å². The molecule has 0 heterocycles. The minimum absolute atomic E-state index is 0.311. The molecule has 0 spiro atoms. The number of hydrogen-bond acceptors (Lipinski definition) is 3. The highest BCUT2D eigenvalue weighted by atomic mass is 31.2. The van der Waals surface area contributed by atoms with Crippen LogP contribution in [0.3, 0.4) is 0 Å². The van der Waals surface area contributed by atoms with Crippen molar-refractivity contribution >= 4 is 7.60 Å². The Morgan fingerprint density at radius 2 is 2.20 bits per heavy atom. The predicted octanol–water partition coefficient (Wildman–Crippen LogP) is 1.84. The fraction of sp³-hybridized carbons (Fsp3) is 0.667. The average Bonchev–Trinajstić information content (AvgIpc) is 1.89.